The summed E-state index contributed by atoms with van der Waals surface area (Å²) in [6.45, 7) is 0. The summed E-state index contributed by atoms with van der Waals surface area (Å²) < 4.78 is 0.633. The van der Waals surface area contributed by atoms with Crippen molar-refractivity contribution in [3.63, 3.8) is 0 Å². The van der Waals surface area contributed by atoms with Gasteiger partial charge in [-0.05, 0) is 40.2 Å². The summed E-state index contributed by atoms with van der Waals surface area (Å²) in [7, 11) is 0. The van der Waals surface area contributed by atoms with E-state index in [1.165, 1.54) is 18.3 Å². The number of benzene rings is 1. The quantitative estimate of drug-likeness (QED) is 0.869. The predicted molar refractivity (Wildman–Crippen MR) is 80.5 cm³/mol. The van der Waals surface area contributed by atoms with E-state index in [9.17, 15) is 4.79 Å². The maximum Gasteiger partial charge on any atom is 0.259 e. The summed E-state index contributed by atoms with van der Waals surface area (Å²) in [6, 6.07) is 8.12. The Labute approximate surface area is 128 Å². The second kappa shape index (κ2) is 5.90. The van der Waals surface area contributed by atoms with E-state index in [-0.39, 0.29) is 11.4 Å². The lowest BCUT2D eigenvalue weighted by atomic mass is 10.2. The summed E-state index contributed by atoms with van der Waals surface area (Å²) in [4.78, 5) is 16.0. The van der Waals surface area contributed by atoms with Gasteiger partial charge in [0.25, 0.3) is 5.91 Å². The topological polar surface area (TPSA) is 91.8 Å². The normalized spacial score (nSPS) is 9.85. The lowest BCUT2D eigenvalue weighted by Crippen LogP contribution is -2.15. The molecule has 1 aromatic carbocycles. The molecule has 0 atom stereocenters. The lowest BCUT2D eigenvalue weighted by Gasteiger charge is -2.09. The van der Waals surface area contributed by atoms with Crippen molar-refractivity contribution in [2.45, 2.75) is 0 Å². The molecule has 5 nitrogen and oxygen atoms in total. The van der Waals surface area contributed by atoms with E-state index in [0.29, 0.717) is 20.7 Å². The van der Waals surface area contributed by atoms with Crippen LogP contribution in [0.15, 0.2) is 34.9 Å². The van der Waals surface area contributed by atoms with Crippen LogP contribution in [0.25, 0.3) is 0 Å². The SMILES string of the molecule is N#Cc1ccc(Cl)c(NC(=O)c2cc(Br)cnc2N)c1. The fourth-order valence-corrected chi connectivity index (χ4v) is 2.01. The Morgan fingerprint density at radius 3 is 2.90 bits per heavy atom. The van der Waals surface area contributed by atoms with Crippen LogP contribution >= 0.6 is 27.5 Å². The second-order valence-electron chi connectivity index (χ2n) is 3.85. The number of halogens is 2. The number of hydrogen-bond acceptors (Lipinski definition) is 4. The van der Waals surface area contributed by atoms with Crippen molar-refractivity contribution in [2.75, 3.05) is 11.1 Å². The fourth-order valence-electron chi connectivity index (χ4n) is 1.51. The highest BCUT2D eigenvalue weighted by molar-refractivity contribution is 9.10. The first-order valence-electron chi connectivity index (χ1n) is 5.43. The Morgan fingerprint density at radius 1 is 1.45 bits per heavy atom. The number of amides is 1. The number of anilines is 2. The van der Waals surface area contributed by atoms with Gasteiger partial charge in [-0.15, -0.1) is 0 Å². The first-order chi connectivity index (χ1) is 9.51. The highest BCUT2D eigenvalue weighted by atomic mass is 79.9. The van der Waals surface area contributed by atoms with Crippen molar-refractivity contribution in [2.24, 2.45) is 0 Å². The van der Waals surface area contributed by atoms with Gasteiger partial charge in [-0.2, -0.15) is 5.26 Å². The lowest BCUT2D eigenvalue weighted by molar-refractivity contribution is 0.102. The molecule has 0 spiro atoms. The Kier molecular flexibility index (Phi) is 4.23. The van der Waals surface area contributed by atoms with E-state index < -0.39 is 5.91 Å². The second-order valence-corrected chi connectivity index (χ2v) is 5.17. The number of carbonyl (C=O) groups excluding carboxylic acids is 1. The zero-order valence-electron chi connectivity index (χ0n) is 10.0. The first kappa shape index (κ1) is 14.3. The van der Waals surface area contributed by atoms with Crippen LogP contribution in [0.3, 0.4) is 0 Å². The van der Waals surface area contributed by atoms with E-state index in [0.717, 1.165) is 0 Å². The number of nitrogens with zero attached hydrogens (tertiary/aromatic N) is 2. The average molecular weight is 352 g/mol. The maximum atomic E-state index is 12.1. The zero-order valence-corrected chi connectivity index (χ0v) is 12.4. The van der Waals surface area contributed by atoms with Gasteiger partial charge in [0, 0.05) is 10.7 Å². The van der Waals surface area contributed by atoms with Crippen LogP contribution in [0.2, 0.25) is 5.02 Å². The highest BCUT2D eigenvalue weighted by Gasteiger charge is 2.13. The number of nitrogens with one attached hydrogen (secondary N) is 1. The van der Waals surface area contributed by atoms with Crippen LogP contribution in [0, 0.1) is 11.3 Å². The van der Waals surface area contributed by atoms with Crippen LogP contribution in [-0.4, -0.2) is 10.9 Å². The van der Waals surface area contributed by atoms with E-state index in [1.54, 1.807) is 12.1 Å². The van der Waals surface area contributed by atoms with Crippen molar-refractivity contribution in [3.8, 4) is 6.07 Å². The predicted octanol–water partition coefficient (Wildman–Crippen LogP) is 3.20. The van der Waals surface area contributed by atoms with Crippen molar-refractivity contribution in [3.05, 3.63) is 51.1 Å². The van der Waals surface area contributed by atoms with Crippen LogP contribution in [0.5, 0.6) is 0 Å². The highest BCUT2D eigenvalue weighted by Crippen LogP contribution is 2.24. The zero-order chi connectivity index (χ0) is 14.7. The maximum absolute atomic E-state index is 12.1. The smallest absolute Gasteiger partial charge is 0.259 e. The Morgan fingerprint density at radius 2 is 2.20 bits per heavy atom. The Bertz CT molecular complexity index is 727. The summed E-state index contributed by atoms with van der Waals surface area (Å²) in [5, 5.41) is 11.8. The average Bonchev–Trinajstić information content (AvgIpc) is 2.43. The van der Waals surface area contributed by atoms with Gasteiger partial charge in [0.1, 0.15) is 5.82 Å². The molecule has 0 unspecified atom stereocenters. The number of carbonyl (C=O) groups is 1. The van der Waals surface area contributed by atoms with E-state index in [1.807, 2.05) is 6.07 Å². The molecular weight excluding hydrogens is 344 g/mol. The molecule has 0 aliphatic rings. The van der Waals surface area contributed by atoms with Gasteiger partial charge in [-0.25, -0.2) is 4.98 Å². The number of nitriles is 1. The minimum Gasteiger partial charge on any atom is -0.383 e. The molecule has 0 bridgehead atoms. The number of nitrogen functional groups attached to an aromatic ring is 1. The molecule has 7 heteroatoms. The van der Waals surface area contributed by atoms with Gasteiger partial charge < -0.3 is 11.1 Å². The fraction of sp³-hybridized carbons (Fsp3) is 0. The van der Waals surface area contributed by atoms with Crippen LogP contribution in [0.1, 0.15) is 15.9 Å². The third-order valence-electron chi connectivity index (χ3n) is 2.47. The molecule has 0 saturated heterocycles. The van der Waals surface area contributed by atoms with Crippen LogP contribution in [0.4, 0.5) is 11.5 Å². The Hall–Kier alpha value is -2.10. The summed E-state index contributed by atoms with van der Waals surface area (Å²) >= 11 is 9.20. The molecule has 1 amide bonds. The molecule has 0 fully saturated rings. The van der Waals surface area contributed by atoms with Crippen molar-refractivity contribution in [1.82, 2.24) is 4.98 Å². The summed E-state index contributed by atoms with van der Waals surface area (Å²) in [5.74, 6) is -0.341. The molecule has 2 aromatic rings. The molecule has 20 heavy (non-hydrogen) atoms. The van der Waals surface area contributed by atoms with Gasteiger partial charge in [-0.3, -0.25) is 4.79 Å². The number of hydrogen-bond donors (Lipinski definition) is 2. The third kappa shape index (κ3) is 3.07. The molecule has 1 aromatic heterocycles. The van der Waals surface area contributed by atoms with Crippen molar-refractivity contribution < 1.29 is 4.79 Å². The summed E-state index contributed by atoms with van der Waals surface area (Å²) in [6.07, 6.45) is 1.50. The molecular formula is C13H8BrClN4O. The molecule has 0 aliphatic carbocycles. The van der Waals surface area contributed by atoms with E-state index in [4.69, 9.17) is 22.6 Å². The first-order valence-corrected chi connectivity index (χ1v) is 6.60. The summed E-state index contributed by atoms with van der Waals surface area (Å²) in [5.41, 5.74) is 6.62. The molecule has 1 heterocycles. The van der Waals surface area contributed by atoms with Crippen LogP contribution < -0.4 is 11.1 Å². The van der Waals surface area contributed by atoms with Crippen molar-refractivity contribution in [1.29, 1.82) is 5.26 Å². The minimum atomic E-state index is -0.451. The molecule has 0 aliphatic heterocycles. The van der Waals surface area contributed by atoms with Gasteiger partial charge in [0.2, 0.25) is 0 Å². The largest absolute Gasteiger partial charge is 0.383 e. The number of rotatable bonds is 2. The van der Waals surface area contributed by atoms with Gasteiger partial charge in [-0.1, -0.05) is 11.6 Å². The van der Waals surface area contributed by atoms with Gasteiger partial charge in [0.15, 0.2) is 0 Å². The minimum absolute atomic E-state index is 0.110. The van der Waals surface area contributed by atoms with Gasteiger partial charge >= 0.3 is 0 Å². The van der Waals surface area contributed by atoms with E-state index >= 15 is 0 Å². The number of aromatic nitrogens is 1. The monoisotopic (exact) mass is 350 g/mol. The molecule has 2 rings (SSSR count). The van der Waals surface area contributed by atoms with Crippen LogP contribution in [-0.2, 0) is 0 Å². The van der Waals surface area contributed by atoms with E-state index in [2.05, 4.69) is 26.2 Å². The van der Waals surface area contributed by atoms with Gasteiger partial charge in [0.05, 0.1) is 27.9 Å². The number of pyridine rings is 1. The number of nitrogens with two attached hydrogens (primary N) is 1. The van der Waals surface area contributed by atoms with Crippen molar-refractivity contribution >= 4 is 44.9 Å². The Balaban J connectivity index is 2.33. The standard InChI is InChI=1S/C13H8BrClN4O/c14-8-4-9(12(17)18-6-8)13(20)19-11-3-7(5-16)1-2-10(11)15/h1-4,6H,(H2,17,18)(H,19,20). The molecule has 3 N–H and O–H groups in total. The molecule has 100 valence electrons. The third-order valence-corrected chi connectivity index (χ3v) is 3.24. The molecule has 0 radical (unpaired) electrons. The molecule has 0 saturated carbocycles.